The van der Waals surface area contributed by atoms with E-state index in [1.807, 2.05) is 0 Å². The third-order valence-corrected chi connectivity index (χ3v) is 4.09. The molecule has 1 aliphatic heterocycles. The van der Waals surface area contributed by atoms with Crippen LogP contribution in [0.4, 0.5) is 0 Å². The van der Waals surface area contributed by atoms with Crippen molar-refractivity contribution < 1.29 is 0 Å². The number of rotatable bonds is 6. The Hall–Kier alpha value is -0.900. The summed E-state index contributed by atoms with van der Waals surface area (Å²) in [7, 11) is 0. The molecule has 1 N–H and O–H groups in total. The zero-order chi connectivity index (χ0) is 13.5. The van der Waals surface area contributed by atoms with Gasteiger partial charge in [-0.1, -0.05) is 37.3 Å². The fourth-order valence-electron chi connectivity index (χ4n) is 2.63. The summed E-state index contributed by atoms with van der Waals surface area (Å²) in [5, 5.41) is 3.62. The van der Waals surface area contributed by atoms with Gasteiger partial charge in [0.15, 0.2) is 0 Å². The van der Waals surface area contributed by atoms with Crippen molar-refractivity contribution in [2.24, 2.45) is 0 Å². The van der Waals surface area contributed by atoms with Crippen molar-refractivity contribution >= 4 is 0 Å². The highest BCUT2D eigenvalue weighted by atomic mass is 15.3. The number of nitrogens with one attached hydrogen (secondary N) is 1. The van der Waals surface area contributed by atoms with Crippen molar-refractivity contribution in [1.82, 2.24) is 15.1 Å². The molecule has 0 amide bonds. The molecule has 1 unspecified atom stereocenters. The molecule has 0 bridgehead atoms. The monoisotopic (exact) mass is 261 g/mol. The van der Waals surface area contributed by atoms with Gasteiger partial charge in [-0.3, -0.25) is 4.90 Å². The summed E-state index contributed by atoms with van der Waals surface area (Å²) >= 11 is 0. The van der Waals surface area contributed by atoms with Crippen LogP contribution in [0.1, 0.15) is 25.5 Å². The van der Waals surface area contributed by atoms with Crippen LogP contribution in [-0.2, 0) is 0 Å². The second-order valence-corrected chi connectivity index (χ2v) is 5.36. The number of benzene rings is 1. The fraction of sp³-hybridized carbons (Fsp3) is 0.625. The standard InChI is InChI=1S/C16H27N3/c1-3-18-11-13-19(14-12-18)10-9-17-15(2)16-7-5-4-6-8-16/h4-8,15,17H,3,9-14H2,1-2H3. The van der Waals surface area contributed by atoms with Gasteiger partial charge in [-0.2, -0.15) is 0 Å². The lowest BCUT2D eigenvalue weighted by molar-refractivity contribution is 0.137. The van der Waals surface area contributed by atoms with E-state index in [-0.39, 0.29) is 0 Å². The van der Waals surface area contributed by atoms with Gasteiger partial charge in [0.25, 0.3) is 0 Å². The zero-order valence-corrected chi connectivity index (χ0v) is 12.3. The summed E-state index contributed by atoms with van der Waals surface area (Å²) in [6.45, 7) is 12.8. The Kier molecular flexibility index (Phi) is 5.83. The molecule has 3 nitrogen and oxygen atoms in total. The second kappa shape index (κ2) is 7.63. The van der Waals surface area contributed by atoms with E-state index in [4.69, 9.17) is 0 Å². The Balaban J connectivity index is 1.64. The molecule has 1 atom stereocenters. The number of nitrogens with zero attached hydrogens (tertiary/aromatic N) is 2. The highest BCUT2D eigenvalue weighted by Gasteiger charge is 2.14. The number of hydrogen-bond donors (Lipinski definition) is 1. The van der Waals surface area contributed by atoms with Gasteiger partial charge in [0.2, 0.25) is 0 Å². The number of likely N-dealkylation sites (N-methyl/N-ethyl adjacent to an activating group) is 1. The minimum absolute atomic E-state index is 0.443. The van der Waals surface area contributed by atoms with Gasteiger partial charge in [0.1, 0.15) is 0 Å². The summed E-state index contributed by atoms with van der Waals surface area (Å²) in [6, 6.07) is 11.1. The Labute approximate surface area is 117 Å². The Morgan fingerprint density at radius 2 is 1.68 bits per heavy atom. The van der Waals surface area contributed by atoms with Crippen molar-refractivity contribution in [3.05, 3.63) is 35.9 Å². The van der Waals surface area contributed by atoms with Crippen molar-refractivity contribution in [2.75, 3.05) is 45.8 Å². The Morgan fingerprint density at radius 3 is 2.32 bits per heavy atom. The van der Waals surface area contributed by atoms with Gasteiger partial charge in [-0.25, -0.2) is 0 Å². The van der Waals surface area contributed by atoms with E-state index in [9.17, 15) is 0 Å². The molecule has 0 aliphatic carbocycles. The van der Waals surface area contributed by atoms with Crippen LogP contribution in [0.25, 0.3) is 0 Å². The molecule has 0 spiro atoms. The van der Waals surface area contributed by atoms with Crippen LogP contribution in [-0.4, -0.2) is 55.6 Å². The van der Waals surface area contributed by atoms with Crippen LogP contribution in [0.2, 0.25) is 0 Å². The lowest BCUT2D eigenvalue weighted by atomic mass is 10.1. The molecule has 106 valence electrons. The van der Waals surface area contributed by atoms with Crippen LogP contribution in [0.3, 0.4) is 0 Å². The molecule has 0 saturated carbocycles. The van der Waals surface area contributed by atoms with Crippen LogP contribution in [0.15, 0.2) is 30.3 Å². The predicted octanol–water partition coefficient (Wildman–Crippen LogP) is 1.97. The molecular weight excluding hydrogens is 234 g/mol. The van der Waals surface area contributed by atoms with E-state index in [2.05, 4.69) is 59.3 Å². The molecule has 19 heavy (non-hydrogen) atoms. The first-order valence-electron chi connectivity index (χ1n) is 7.52. The van der Waals surface area contributed by atoms with E-state index >= 15 is 0 Å². The maximum Gasteiger partial charge on any atom is 0.0292 e. The zero-order valence-electron chi connectivity index (χ0n) is 12.3. The molecule has 1 aromatic rings. The fourth-order valence-corrected chi connectivity index (χ4v) is 2.63. The largest absolute Gasteiger partial charge is 0.309 e. The first kappa shape index (κ1) is 14.5. The first-order valence-corrected chi connectivity index (χ1v) is 7.52. The SMILES string of the molecule is CCN1CCN(CCNC(C)c2ccccc2)CC1. The summed E-state index contributed by atoms with van der Waals surface area (Å²) in [4.78, 5) is 5.09. The van der Waals surface area contributed by atoms with Gasteiger partial charge in [0, 0.05) is 45.3 Å². The number of hydrogen-bond acceptors (Lipinski definition) is 3. The molecule has 0 radical (unpaired) electrons. The van der Waals surface area contributed by atoms with Crippen molar-refractivity contribution in [1.29, 1.82) is 0 Å². The quantitative estimate of drug-likeness (QED) is 0.845. The predicted molar refractivity (Wildman–Crippen MR) is 81.4 cm³/mol. The highest BCUT2D eigenvalue weighted by Crippen LogP contribution is 2.10. The summed E-state index contributed by atoms with van der Waals surface area (Å²) < 4.78 is 0. The molecule has 1 saturated heterocycles. The smallest absolute Gasteiger partial charge is 0.0292 e. The molecule has 1 aliphatic rings. The minimum Gasteiger partial charge on any atom is -0.309 e. The average Bonchev–Trinajstić information content (AvgIpc) is 2.49. The van der Waals surface area contributed by atoms with E-state index in [1.165, 1.54) is 38.3 Å². The summed E-state index contributed by atoms with van der Waals surface area (Å²) in [6.07, 6.45) is 0. The third-order valence-electron chi connectivity index (χ3n) is 4.09. The van der Waals surface area contributed by atoms with E-state index in [0.717, 1.165) is 13.1 Å². The van der Waals surface area contributed by atoms with E-state index in [0.29, 0.717) is 6.04 Å². The maximum absolute atomic E-state index is 3.62. The third kappa shape index (κ3) is 4.60. The molecule has 3 heteroatoms. The minimum atomic E-state index is 0.443. The van der Waals surface area contributed by atoms with Crippen LogP contribution >= 0.6 is 0 Å². The van der Waals surface area contributed by atoms with Gasteiger partial charge < -0.3 is 10.2 Å². The maximum atomic E-state index is 3.62. The average molecular weight is 261 g/mol. The molecular formula is C16H27N3. The van der Waals surface area contributed by atoms with Crippen molar-refractivity contribution in [3.8, 4) is 0 Å². The molecule has 0 aromatic heterocycles. The molecule has 2 rings (SSSR count). The molecule has 1 heterocycles. The molecule has 1 aromatic carbocycles. The summed E-state index contributed by atoms with van der Waals surface area (Å²) in [5.74, 6) is 0. The Morgan fingerprint density at radius 1 is 1.05 bits per heavy atom. The lowest BCUT2D eigenvalue weighted by Crippen LogP contribution is -2.47. The van der Waals surface area contributed by atoms with E-state index < -0.39 is 0 Å². The van der Waals surface area contributed by atoms with Gasteiger partial charge in [0.05, 0.1) is 0 Å². The highest BCUT2D eigenvalue weighted by molar-refractivity contribution is 5.17. The van der Waals surface area contributed by atoms with Crippen LogP contribution in [0.5, 0.6) is 0 Å². The summed E-state index contributed by atoms with van der Waals surface area (Å²) in [5.41, 5.74) is 1.37. The normalized spacial score (nSPS) is 19.5. The van der Waals surface area contributed by atoms with Gasteiger partial charge >= 0.3 is 0 Å². The van der Waals surface area contributed by atoms with Crippen molar-refractivity contribution in [3.63, 3.8) is 0 Å². The van der Waals surface area contributed by atoms with Crippen LogP contribution in [0, 0.1) is 0 Å². The first-order chi connectivity index (χ1) is 9.29. The second-order valence-electron chi connectivity index (χ2n) is 5.36. The van der Waals surface area contributed by atoms with Gasteiger partial charge in [-0.05, 0) is 19.0 Å². The lowest BCUT2D eigenvalue weighted by Gasteiger charge is -2.34. The molecule has 1 fully saturated rings. The topological polar surface area (TPSA) is 18.5 Å². The van der Waals surface area contributed by atoms with Crippen LogP contribution < -0.4 is 5.32 Å². The van der Waals surface area contributed by atoms with Crippen molar-refractivity contribution in [2.45, 2.75) is 19.9 Å². The van der Waals surface area contributed by atoms with Gasteiger partial charge in [-0.15, -0.1) is 0 Å². The van der Waals surface area contributed by atoms with E-state index in [1.54, 1.807) is 0 Å². The Bertz CT molecular complexity index is 344. The number of piperazine rings is 1.